The second-order valence-corrected chi connectivity index (χ2v) is 7.23. The molecule has 1 heterocycles. The van der Waals surface area contributed by atoms with Crippen molar-refractivity contribution in [3.05, 3.63) is 20.8 Å². The van der Waals surface area contributed by atoms with E-state index in [0.717, 1.165) is 23.0 Å². The van der Waals surface area contributed by atoms with Gasteiger partial charge >= 0.3 is 5.97 Å². The molecule has 1 aromatic rings. The Bertz CT molecular complexity index is 447. The lowest BCUT2D eigenvalue weighted by Gasteiger charge is -2.12. The molecule has 0 aromatic carbocycles. The first-order valence-electron chi connectivity index (χ1n) is 6.76. The number of amides is 1. The maximum absolute atomic E-state index is 11.7. The Morgan fingerprint density at radius 3 is 2.75 bits per heavy atom. The molecule has 0 bridgehead atoms. The molecule has 0 aliphatic carbocycles. The summed E-state index contributed by atoms with van der Waals surface area (Å²) in [6.07, 6.45) is 3.50. The van der Waals surface area contributed by atoms with Gasteiger partial charge < -0.3 is 10.4 Å². The molecule has 4 nitrogen and oxygen atoms in total. The van der Waals surface area contributed by atoms with Crippen molar-refractivity contribution in [1.82, 2.24) is 5.32 Å². The lowest BCUT2D eigenvalue weighted by atomic mass is 10.0. The van der Waals surface area contributed by atoms with E-state index in [2.05, 4.69) is 21.2 Å². The maximum atomic E-state index is 11.7. The highest BCUT2D eigenvalue weighted by atomic mass is 79.9. The topological polar surface area (TPSA) is 66.4 Å². The Morgan fingerprint density at radius 1 is 1.45 bits per heavy atom. The molecule has 6 heteroatoms. The molecule has 0 aliphatic rings. The van der Waals surface area contributed by atoms with Crippen molar-refractivity contribution in [2.75, 3.05) is 6.54 Å². The molecular weight excluding hydrogens is 342 g/mol. The predicted molar refractivity (Wildman–Crippen MR) is 84.0 cm³/mol. The Hall–Kier alpha value is -0.880. The van der Waals surface area contributed by atoms with Gasteiger partial charge in [0.05, 0.1) is 9.70 Å². The third-order valence-electron chi connectivity index (χ3n) is 2.99. The second kappa shape index (κ2) is 9.13. The van der Waals surface area contributed by atoms with E-state index in [0.29, 0.717) is 12.8 Å². The van der Waals surface area contributed by atoms with Gasteiger partial charge in [-0.3, -0.25) is 9.59 Å². The molecule has 0 saturated heterocycles. The number of aryl methyl sites for hydroxylation is 1. The highest BCUT2D eigenvalue weighted by Gasteiger charge is 2.16. The van der Waals surface area contributed by atoms with E-state index in [1.807, 2.05) is 19.1 Å². The van der Waals surface area contributed by atoms with Crippen LogP contribution in [-0.2, 0) is 16.0 Å². The average Bonchev–Trinajstić information content (AvgIpc) is 2.80. The van der Waals surface area contributed by atoms with E-state index in [9.17, 15) is 9.59 Å². The third-order valence-corrected chi connectivity index (χ3v) is 4.67. The van der Waals surface area contributed by atoms with Crippen LogP contribution in [-0.4, -0.2) is 23.5 Å². The van der Waals surface area contributed by atoms with Crippen LogP contribution >= 0.6 is 27.3 Å². The molecule has 0 fully saturated rings. The number of aliphatic carboxylic acids is 1. The van der Waals surface area contributed by atoms with Crippen LogP contribution in [0.2, 0.25) is 0 Å². The Morgan fingerprint density at radius 2 is 2.20 bits per heavy atom. The lowest BCUT2D eigenvalue weighted by molar-refractivity contribution is -0.141. The molecule has 0 spiro atoms. The highest BCUT2D eigenvalue weighted by Crippen LogP contribution is 2.23. The van der Waals surface area contributed by atoms with Crippen molar-refractivity contribution in [2.24, 2.45) is 5.92 Å². The largest absolute Gasteiger partial charge is 0.481 e. The number of nitrogens with one attached hydrogen (secondary N) is 1. The van der Waals surface area contributed by atoms with E-state index in [1.54, 1.807) is 11.3 Å². The van der Waals surface area contributed by atoms with Gasteiger partial charge in [0.25, 0.3) is 0 Å². The second-order valence-electron chi connectivity index (χ2n) is 4.69. The minimum atomic E-state index is -0.837. The van der Waals surface area contributed by atoms with Crippen LogP contribution in [0, 0.1) is 5.92 Å². The monoisotopic (exact) mass is 361 g/mol. The average molecular weight is 362 g/mol. The van der Waals surface area contributed by atoms with Crippen LogP contribution in [0.3, 0.4) is 0 Å². The van der Waals surface area contributed by atoms with E-state index in [1.165, 1.54) is 4.88 Å². The number of carbonyl (C=O) groups excluding carboxylic acids is 1. The number of rotatable bonds is 9. The van der Waals surface area contributed by atoms with Crippen LogP contribution in [0.15, 0.2) is 15.9 Å². The zero-order valence-electron chi connectivity index (χ0n) is 11.5. The van der Waals surface area contributed by atoms with Crippen molar-refractivity contribution >= 4 is 39.1 Å². The number of hydrogen-bond acceptors (Lipinski definition) is 3. The number of hydrogen-bond donors (Lipinski definition) is 2. The molecule has 0 saturated carbocycles. The molecule has 0 radical (unpaired) electrons. The van der Waals surface area contributed by atoms with Crippen molar-refractivity contribution < 1.29 is 14.7 Å². The summed E-state index contributed by atoms with van der Waals surface area (Å²) in [4.78, 5) is 23.9. The minimum Gasteiger partial charge on any atom is -0.481 e. The summed E-state index contributed by atoms with van der Waals surface area (Å²) in [5.41, 5.74) is 0. The lowest BCUT2D eigenvalue weighted by Crippen LogP contribution is -2.32. The minimum absolute atomic E-state index is 0.0667. The molecule has 2 N–H and O–H groups in total. The zero-order chi connectivity index (χ0) is 15.0. The van der Waals surface area contributed by atoms with Crippen molar-refractivity contribution in [1.29, 1.82) is 0 Å². The van der Waals surface area contributed by atoms with Crippen molar-refractivity contribution in [2.45, 2.75) is 39.0 Å². The molecule has 0 aliphatic heterocycles. The normalized spacial score (nSPS) is 12.1. The number of thiophene rings is 1. The first kappa shape index (κ1) is 17.2. The van der Waals surface area contributed by atoms with Gasteiger partial charge in [0.15, 0.2) is 0 Å². The van der Waals surface area contributed by atoms with Crippen LogP contribution in [0.1, 0.15) is 37.5 Å². The molecule has 1 atom stereocenters. The summed E-state index contributed by atoms with van der Waals surface area (Å²) < 4.78 is 1.10. The van der Waals surface area contributed by atoms with E-state index in [4.69, 9.17) is 5.11 Å². The summed E-state index contributed by atoms with van der Waals surface area (Å²) in [6.45, 7) is 2.17. The van der Waals surface area contributed by atoms with Gasteiger partial charge in [0.2, 0.25) is 5.91 Å². The molecular formula is C14H20BrNO3S. The quantitative estimate of drug-likeness (QED) is 0.707. The summed E-state index contributed by atoms with van der Waals surface area (Å²) in [5, 5.41) is 11.7. The van der Waals surface area contributed by atoms with Gasteiger partial charge in [-0.15, -0.1) is 11.3 Å². The van der Waals surface area contributed by atoms with E-state index >= 15 is 0 Å². The van der Waals surface area contributed by atoms with Gasteiger partial charge in [-0.05, 0) is 47.3 Å². The summed E-state index contributed by atoms with van der Waals surface area (Å²) in [5.74, 6) is -1.38. The fraction of sp³-hybridized carbons (Fsp3) is 0.571. The van der Waals surface area contributed by atoms with Gasteiger partial charge in [-0.1, -0.05) is 13.3 Å². The van der Waals surface area contributed by atoms with Crippen LogP contribution in [0.25, 0.3) is 0 Å². The summed E-state index contributed by atoms with van der Waals surface area (Å²) in [6, 6.07) is 4.05. The van der Waals surface area contributed by atoms with Crippen LogP contribution in [0.4, 0.5) is 0 Å². The van der Waals surface area contributed by atoms with E-state index in [-0.39, 0.29) is 12.5 Å². The van der Waals surface area contributed by atoms with Crippen LogP contribution < -0.4 is 5.32 Å². The smallest absolute Gasteiger partial charge is 0.308 e. The molecule has 1 amide bonds. The fourth-order valence-electron chi connectivity index (χ4n) is 1.90. The van der Waals surface area contributed by atoms with Gasteiger partial charge in [0, 0.05) is 17.8 Å². The number of carbonyl (C=O) groups is 2. The van der Waals surface area contributed by atoms with Gasteiger partial charge in [0.1, 0.15) is 0 Å². The van der Waals surface area contributed by atoms with Gasteiger partial charge in [-0.25, -0.2) is 0 Å². The van der Waals surface area contributed by atoms with Crippen LogP contribution in [0.5, 0.6) is 0 Å². The van der Waals surface area contributed by atoms with Crippen molar-refractivity contribution in [3.63, 3.8) is 0 Å². The zero-order valence-corrected chi connectivity index (χ0v) is 13.9. The third kappa shape index (κ3) is 6.52. The maximum Gasteiger partial charge on any atom is 0.308 e. The summed E-state index contributed by atoms with van der Waals surface area (Å²) in [7, 11) is 0. The molecule has 1 unspecified atom stereocenters. The number of carboxylic acid groups (broad SMARTS) is 1. The van der Waals surface area contributed by atoms with E-state index < -0.39 is 11.9 Å². The Balaban J connectivity index is 2.21. The molecule has 1 aromatic heterocycles. The predicted octanol–water partition coefficient (Wildman–Crippen LogP) is 3.45. The van der Waals surface area contributed by atoms with Gasteiger partial charge in [-0.2, -0.15) is 0 Å². The Labute approximate surface area is 131 Å². The van der Waals surface area contributed by atoms with Crippen molar-refractivity contribution in [3.8, 4) is 0 Å². The summed E-state index contributed by atoms with van der Waals surface area (Å²) >= 11 is 5.08. The molecule has 112 valence electrons. The SMILES string of the molecule is CCCC(CNC(=O)CCCc1ccc(Br)s1)C(=O)O. The first-order valence-corrected chi connectivity index (χ1v) is 8.37. The number of carboxylic acids is 1. The standard InChI is InChI=1S/C14H20BrNO3S/c1-2-4-10(14(18)19)9-16-13(17)6-3-5-11-7-8-12(15)20-11/h7-8,10H,2-6,9H2,1H3,(H,16,17)(H,18,19). The number of halogens is 1. The molecule has 1 rings (SSSR count). The fourth-order valence-corrected chi connectivity index (χ4v) is 3.42. The highest BCUT2D eigenvalue weighted by molar-refractivity contribution is 9.11. The Kier molecular flexibility index (Phi) is 7.84. The molecule has 20 heavy (non-hydrogen) atoms. The first-order chi connectivity index (χ1) is 9.52.